The second kappa shape index (κ2) is 8.25. The fourth-order valence-corrected chi connectivity index (χ4v) is 3.96. The van der Waals surface area contributed by atoms with E-state index >= 15 is 0 Å². The van der Waals surface area contributed by atoms with Crippen molar-refractivity contribution < 1.29 is 32.0 Å². The molecule has 1 amide bonds. The Morgan fingerprint density at radius 3 is 2.23 bits per heavy atom. The van der Waals surface area contributed by atoms with Crippen LogP contribution >= 0.6 is 24.0 Å². The minimum atomic E-state index is -4.19. The summed E-state index contributed by atoms with van der Waals surface area (Å²) in [6.45, 7) is -0.212. The number of thiocarbonyl (C=S) groups is 1. The summed E-state index contributed by atoms with van der Waals surface area (Å²) in [7, 11) is 0.261. The van der Waals surface area contributed by atoms with Crippen LogP contribution in [0, 0.1) is 0 Å². The summed E-state index contributed by atoms with van der Waals surface area (Å²) in [5.41, 5.74) is 0.620. The highest BCUT2D eigenvalue weighted by Crippen LogP contribution is 2.40. The molecule has 1 N–H and O–H groups in total. The number of nitrogens with zero attached hydrogens (tertiary/aromatic N) is 1. The molecule has 1 saturated heterocycles. The molecule has 0 saturated carbocycles. The SMILES string of the molecule is COc1cc(/C=C2\SC(=S)N(CCS(=O)(=O)O)C2=O)cc(OC)c1OC. The van der Waals surface area contributed by atoms with Crippen LogP contribution in [-0.2, 0) is 14.9 Å². The zero-order valence-corrected chi connectivity index (χ0v) is 16.7. The van der Waals surface area contributed by atoms with Crippen LogP contribution in [0.25, 0.3) is 6.08 Å². The van der Waals surface area contributed by atoms with Crippen molar-refractivity contribution in [2.45, 2.75) is 0 Å². The topological polar surface area (TPSA) is 102 Å². The van der Waals surface area contributed by atoms with E-state index in [2.05, 4.69) is 0 Å². The summed E-state index contributed by atoms with van der Waals surface area (Å²) in [5, 5.41) is 0. The molecule has 1 aromatic carbocycles. The Bertz CT molecular complexity index is 839. The van der Waals surface area contributed by atoms with Gasteiger partial charge < -0.3 is 14.2 Å². The number of hydrogen-bond donors (Lipinski definition) is 1. The second-order valence-corrected chi connectivity index (χ2v) is 8.33. The number of thioether (sulfide) groups is 1. The van der Waals surface area contributed by atoms with Crippen molar-refractivity contribution in [1.29, 1.82) is 0 Å². The average molecular weight is 420 g/mol. The third kappa shape index (κ3) is 4.67. The largest absolute Gasteiger partial charge is 0.493 e. The number of rotatable bonds is 7. The van der Waals surface area contributed by atoms with E-state index in [1.165, 1.54) is 21.3 Å². The number of carbonyl (C=O) groups excluding carboxylic acids is 1. The Kier molecular flexibility index (Phi) is 6.50. The number of ether oxygens (including phenoxy) is 3. The molecule has 1 aliphatic rings. The van der Waals surface area contributed by atoms with E-state index in [0.717, 1.165) is 16.7 Å². The second-order valence-electron chi connectivity index (χ2n) is 5.08. The molecule has 11 heteroatoms. The zero-order chi connectivity index (χ0) is 19.5. The summed E-state index contributed by atoms with van der Waals surface area (Å²) in [4.78, 5) is 13.9. The molecule has 0 unspecified atom stereocenters. The van der Waals surface area contributed by atoms with E-state index in [4.69, 9.17) is 31.0 Å². The van der Waals surface area contributed by atoms with Crippen LogP contribution in [0.2, 0.25) is 0 Å². The summed E-state index contributed by atoms with van der Waals surface area (Å²) >= 11 is 6.16. The summed E-state index contributed by atoms with van der Waals surface area (Å²) in [5.74, 6) is 0.266. The van der Waals surface area contributed by atoms with Gasteiger partial charge >= 0.3 is 0 Å². The van der Waals surface area contributed by atoms with E-state index in [1.807, 2.05) is 0 Å². The predicted molar refractivity (Wildman–Crippen MR) is 102 cm³/mol. The Labute approximate surface area is 160 Å². The quantitative estimate of drug-likeness (QED) is 0.403. The van der Waals surface area contributed by atoms with Crippen molar-refractivity contribution in [2.75, 3.05) is 33.6 Å². The highest BCUT2D eigenvalue weighted by Gasteiger charge is 2.32. The van der Waals surface area contributed by atoms with E-state index in [9.17, 15) is 13.2 Å². The van der Waals surface area contributed by atoms with Crippen LogP contribution < -0.4 is 14.2 Å². The van der Waals surface area contributed by atoms with Crippen LogP contribution in [0.3, 0.4) is 0 Å². The first-order valence-electron chi connectivity index (χ1n) is 7.20. The first-order valence-corrected chi connectivity index (χ1v) is 10.0. The third-order valence-corrected chi connectivity index (χ3v) is 5.51. The fourth-order valence-electron chi connectivity index (χ4n) is 2.24. The van der Waals surface area contributed by atoms with Crippen LogP contribution in [0.4, 0.5) is 0 Å². The number of amides is 1. The smallest absolute Gasteiger partial charge is 0.266 e. The molecule has 26 heavy (non-hydrogen) atoms. The van der Waals surface area contributed by atoms with Crippen molar-refractivity contribution >= 4 is 50.4 Å². The monoisotopic (exact) mass is 419 g/mol. The molecule has 0 spiro atoms. The molecular weight excluding hydrogens is 402 g/mol. The molecule has 2 rings (SSSR count). The molecule has 1 fully saturated rings. The van der Waals surface area contributed by atoms with E-state index in [0.29, 0.717) is 27.7 Å². The normalized spacial score (nSPS) is 16.3. The molecule has 1 aliphatic heterocycles. The highest BCUT2D eigenvalue weighted by atomic mass is 32.2. The van der Waals surface area contributed by atoms with Gasteiger partial charge in [-0.25, -0.2) is 0 Å². The van der Waals surface area contributed by atoms with Gasteiger partial charge in [-0.1, -0.05) is 24.0 Å². The minimum Gasteiger partial charge on any atom is -0.493 e. The molecule has 8 nitrogen and oxygen atoms in total. The van der Waals surface area contributed by atoms with Crippen molar-refractivity contribution in [2.24, 2.45) is 0 Å². The van der Waals surface area contributed by atoms with E-state index in [-0.39, 0.29) is 10.9 Å². The molecular formula is C15H17NO7S3. The van der Waals surface area contributed by atoms with Gasteiger partial charge in [-0.3, -0.25) is 14.2 Å². The minimum absolute atomic E-state index is 0.212. The van der Waals surface area contributed by atoms with E-state index in [1.54, 1.807) is 18.2 Å². The number of carbonyl (C=O) groups is 1. The average Bonchev–Trinajstić information content (AvgIpc) is 2.84. The molecule has 1 aromatic rings. The summed E-state index contributed by atoms with van der Waals surface area (Å²) in [6, 6.07) is 3.35. The lowest BCUT2D eigenvalue weighted by Crippen LogP contribution is -2.32. The Hall–Kier alpha value is -1.82. The van der Waals surface area contributed by atoms with Crippen LogP contribution in [-0.4, -0.2) is 61.7 Å². The molecule has 142 valence electrons. The first-order chi connectivity index (χ1) is 12.2. The Morgan fingerprint density at radius 2 is 1.77 bits per heavy atom. The molecule has 0 aliphatic carbocycles. The molecule has 0 atom stereocenters. The maximum Gasteiger partial charge on any atom is 0.266 e. The van der Waals surface area contributed by atoms with Crippen molar-refractivity contribution in [3.8, 4) is 17.2 Å². The van der Waals surface area contributed by atoms with Gasteiger partial charge in [-0.2, -0.15) is 8.42 Å². The van der Waals surface area contributed by atoms with Crippen LogP contribution in [0.15, 0.2) is 17.0 Å². The molecule has 0 radical (unpaired) electrons. The van der Waals surface area contributed by atoms with Gasteiger partial charge in [0.1, 0.15) is 4.32 Å². The van der Waals surface area contributed by atoms with Gasteiger partial charge in [-0.05, 0) is 23.8 Å². The van der Waals surface area contributed by atoms with Crippen LogP contribution in [0.1, 0.15) is 5.56 Å². The molecule has 0 aromatic heterocycles. The maximum atomic E-state index is 12.5. The van der Waals surface area contributed by atoms with Gasteiger partial charge in [0.05, 0.1) is 32.0 Å². The first kappa shape index (κ1) is 20.5. The summed E-state index contributed by atoms with van der Waals surface area (Å²) < 4.78 is 46.6. The lowest BCUT2D eigenvalue weighted by atomic mass is 10.1. The van der Waals surface area contributed by atoms with Crippen molar-refractivity contribution in [3.63, 3.8) is 0 Å². The fraction of sp³-hybridized carbons (Fsp3) is 0.333. The van der Waals surface area contributed by atoms with E-state index < -0.39 is 21.8 Å². The van der Waals surface area contributed by atoms with Crippen molar-refractivity contribution in [3.05, 3.63) is 22.6 Å². The van der Waals surface area contributed by atoms with Gasteiger partial charge in [-0.15, -0.1) is 0 Å². The molecule has 0 bridgehead atoms. The third-order valence-electron chi connectivity index (χ3n) is 3.43. The predicted octanol–water partition coefficient (Wildman–Crippen LogP) is 1.80. The lowest BCUT2D eigenvalue weighted by molar-refractivity contribution is -0.121. The lowest BCUT2D eigenvalue weighted by Gasteiger charge is -2.13. The number of hydrogen-bond acceptors (Lipinski definition) is 8. The standard InChI is InChI=1S/C15H17NO7S3/c1-21-10-6-9(7-11(22-2)13(10)23-3)8-12-14(17)16(15(24)25-12)4-5-26(18,19)20/h6-8H,4-5H2,1-3H3,(H,18,19,20)/b12-8-. The van der Waals surface area contributed by atoms with Gasteiger partial charge in [0.25, 0.3) is 16.0 Å². The molecule has 1 heterocycles. The maximum absolute atomic E-state index is 12.5. The van der Waals surface area contributed by atoms with Gasteiger partial charge in [0.2, 0.25) is 5.75 Å². The van der Waals surface area contributed by atoms with Crippen molar-refractivity contribution in [1.82, 2.24) is 4.90 Å². The number of methoxy groups -OCH3 is 3. The Balaban J connectivity index is 2.32. The zero-order valence-electron chi connectivity index (χ0n) is 14.2. The van der Waals surface area contributed by atoms with Gasteiger partial charge in [0, 0.05) is 6.54 Å². The number of benzene rings is 1. The highest BCUT2D eigenvalue weighted by molar-refractivity contribution is 8.26. The Morgan fingerprint density at radius 1 is 1.19 bits per heavy atom. The summed E-state index contributed by atoms with van der Waals surface area (Å²) in [6.07, 6.45) is 1.59. The van der Waals surface area contributed by atoms with Crippen LogP contribution in [0.5, 0.6) is 17.2 Å². The van der Waals surface area contributed by atoms with Gasteiger partial charge in [0.15, 0.2) is 11.5 Å².